The number of benzene rings is 1. The van der Waals surface area contributed by atoms with Crippen LogP contribution in [0.3, 0.4) is 0 Å². The third kappa shape index (κ3) is 3.73. The summed E-state index contributed by atoms with van der Waals surface area (Å²) in [6, 6.07) is 11.1. The van der Waals surface area contributed by atoms with Crippen LogP contribution >= 0.6 is 22.9 Å². The van der Waals surface area contributed by atoms with Crippen molar-refractivity contribution in [2.75, 3.05) is 0 Å². The summed E-state index contributed by atoms with van der Waals surface area (Å²) in [6.07, 6.45) is 0.575. The van der Waals surface area contributed by atoms with Crippen LogP contribution in [-0.2, 0) is 6.61 Å². The van der Waals surface area contributed by atoms with E-state index in [0.717, 1.165) is 21.2 Å². The second kappa shape index (κ2) is 7.09. The van der Waals surface area contributed by atoms with E-state index in [-0.39, 0.29) is 18.8 Å². The first kappa shape index (κ1) is 15.3. The van der Waals surface area contributed by atoms with Gasteiger partial charge in [-0.3, -0.25) is 0 Å². The van der Waals surface area contributed by atoms with E-state index >= 15 is 0 Å². The van der Waals surface area contributed by atoms with Crippen molar-refractivity contribution in [3.63, 3.8) is 0 Å². The van der Waals surface area contributed by atoms with Gasteiger partial charge in [-0.25, -0.2) is 0 Å². The molecule has 0 radical (unpaired) electrons. The Bertz CT molecular complexity index is 558. The quantitative estimate of drug-likeness (QED) is 0.854. The number of thiophene rings is 1. The Labute approximate surface area is 128 Å². The maximum atomic E-state index is 9.18. The van der Waals surface area contributed by atoms with Gasteiger partial charge >= 0.3 is 0 Å². The van der Waals surface area contributed by atoms with Gasteiger partial charge in [0.15, 0.2) is 0 Å². The average Bonchev–Trinajstić information content (AvgIpc) is 2.90. The van der Waals surface area contributed by atoms with Gasteiger partial charge in [-0.05, 0) is 36.2 Å². The zero-order valence-corrected chi connectivity index (χ0v) is 12.8. The van der Waals surface area contributed by atoms with Crippen LogP contribution in [0.15, 0.2) is 36.4 Å². The summed E-state index contributed by atoms with van der Waals surface area (Å²) in [6.45, 7) is 2.02. The van der Waals surface area contributed by atoms with E-state index < -0.39 is 0 Å². The molecule has 2 atom stereocenters. The van der Waals surface area contributed by atoms with Gasteiger partial charge in [-0.1, -0.05) is 30.7 Å². The van der Waals surface area contributed by atoms with Gasteiger partial charge in [0.05, 0.1) is 10.9 Å². The predicted octanol–water partition coefficient (Wildman–Crippen LogP) is 3.75. The number of rotatable bonds is 6. The topological polar surface area (TPSA) is 55.5 Å². The monoisotopic (exact) mass is 311 g/mol. The summed E-state index contributed by atoms with van der Waals surface area (Å²) in [5.41, 5.74) is 6.98. The van der Waals surface area contributed by atoms with E-state index in [4.69, 9.17) is 22.1 Å². The molecule has 0 spiro atoms. The third-order valence-corrected chi connectivity index (χ3v) is 4.37. The van der Waals surface area contributed by atoms with Crippen LogP contribution in [0.5, 0.6) is 5.75 Å². The first-order valence-corrected chi connectivity index (χ1v) is 7.70. The van der Waals surface area contributed by atoms with Gasteiger partial charge in [-0.2, -0.15) is 0 Å². The predicted molar refractivity (Wildman–Crippen MR) is 83.3 cm³/mol. The fourth-order valence-electron chi connectivity index (χ4n) is 1.92. The molecule has 20 heavy (non-hydrogen) atoms. The summed E-state index contributed by atoms with van der Waals surface area (Å²) in [5.74, 6) is 0.704. The van der Waals surface area contributed by atoms with Crippen LogP contribution in [0.2, 0.25) is 4.34 Å². The lowest BCUT2D eigenvalue weighted by Crippen LogP contribution is -2.30. The van der Waals surface area contributed by atoms with Crippen LogP contribution in [0.4, 0.5) is 0 Å². The molecule has 0 amide bonds. The zero-order chi connectivity index (χ0) is 14.5. The number of ether oxygens (including phenoxy) is 1. The van der Waals surface area contributed by atoms with Crippen LogP contribution in [0, 0.1) is 0 Å². The molecule has 1 heterocycles. The minimum absolute atomic E-state index is 0.00741. The van der Waals surface area contributed by atoms with E-state index in [9.17, 15) is 5.11 Å². The molecule has 3 N–H and O–H groups in total. The van der Waals surface area contributed by atoms with Crippen LogP contribution in [0.1, 0.15) is 29.9 Å². The second-order valence-corrected chi connectivity index (χ2v) is 6.30. The lowest BCUT2D eigenvalue weighted by atomic mass is 10.1. The minimum atomic E-state index is -0.230. The molecule has 0 fully saturated rings. The van der Waals surface area contributed by atoms with Crippen molar-refractivity contribution in [2.24, 2.45) is 5.73 Å². The standard InChI is InChI=1S/C15H18ClNO2S/c1-2-12(17)15(13-6-7-14(16)20-13)19-11-5-3-4-10(8-11)9-18/h3-8,12,15,18H,2,9,17H2,1H3. The third-order valence-electron chi connectivity index (χ3n) is 3.08. The molecule has 0 bridgehead atoms. The van der Waals surface area contributed by atoms with Crippen molar-refractivity contribution in [2.45, 2.75) is 32.1 Å². The van der Waals surface area contributed by atoms with Crippen molar-refractivity contribution in [3.8, 4) is 5.75 Å². The van der Waals surface area contributed by atoms with Crippen LogP contribution < -0.4 is 10.5 Å². The smallest absolute Gasteiger partial charge is 0.148 e. The van der Waals surface area contributed by atoms with E-state index in [0.29, 0.717) is 5.75 Å². The molecule has 5 heteroatoms. The zero-order valence-electron chi connectivity index (χ0n) is 11.3. The Kier molecular flexibility index (Phi) is 5.43. The lowest BCUT2D eigenvalue weighted by Gasteiger charge is -2.23. The summed E-state index contributed by atoms with van der Waals surface area (Å²) in [4.78, 5) is 1.01. The molecule has 0 aliphatic heterocycles. The highest BCUT2D eigenvalue weighted by Crippen LogP contribution is 2.32. The molecular weight excluding hydrogens is 294 g/mol. The number of hydrogen-bond acceptors (Lipinski definition) is 4. The van der Waals surface area contributed by atoms with Crippen molar-refractivity contribution < 1.29 is 9.84 Å². The SMILES string of the molecule is CCC(N)C(Oc1cccc(CO)c1)c1ccc(Cl)s1. The molecule has 1 aromatic heterocycles. The van der Waals surface area contributed by atoms with Gasteiger partial charge in [0.25, 0.3) is 0 Å². The van der Waals surface area contributed by atoms with Crippen molar-refractivity contribution in [1.29, 1.82) is 0 Å². The van der Waals surface area contributed by atoms with Gasteiger partial charge in [0, 0.05) is 10.9 Å². The summed E-state index contributed by atoms with van der Waals surface area (Å²) >= 11 is 7.47. The Morgan fingerprint density at radius 1 is 1.35 bits per heavy atom. The number of hydrogen-bond donors (Lipinski definition) is 2. The van der Waals surface area contributed by atoms with Crippen molar-refractivity contribution in [1.82, 2.24) is 0 Å². The summed E-state index contributed by atoms with van der Waals surface area (Å²) in [5, 5.41) is 9.18. The molecule has 0 saturated carbocycles. The Hall–Kier alpha value is -1.07. The Morgan fingerprint density at radius 2 is 2.15 bits per heavy atom. The van der Waals surface area contributed by atoms with Gasteiger partial charge in [-0.15, -0.1) is 11.3 Å². The van der Waals surface area contributed by atoms with Crippen LogP contribution in [-0.4, -0.2) is 11.1 Å². The molecule has 2 rings (SSSR count). The average molecular weight is 312 g/mol. The molecule has 0 aliphatic carbocycles. The lowest BCUT2D eigenvalue weighted by molar-refractivity contribution is 0.174. The maximum absolute atomic E-state index is 9.18. The maximum Gasteiger partial charge on any atom is 0.148 e. The molecule has 1 aromatic carbocycles. The van der Waals surface area contributed by atoms with Crippen molar-refractivity contribution in [3.05, 3.63) is 51.2 Å². The molecule has 3 nitrogen and oxygen atoms in total. The molecule has 0 aliphatic rings. The number of halogens is 1. The van der Waals surface area contributed by atoms with Gasteiger partial charge < -0.3 is 15.6 Å². The molecular formula is C15H18ClNO2S. The second-order valence-electron chi connectivity index (χ2n) is 4.56. The van der Waals surface area contributed by atoms with Crippen molar-refractivity contribution >= 4 is 22.9 Å². The van der Waals surface area contributed by atoms with E-state index in [1.54, 1.807) is 0 Å². The largest absolute Gasteiger partial charge is 0.483 e. The van der Waals surface area contributed by atoms with E-state index in [1.807, 2.05) is 43.3 Å². The van der Waals surface area contributed by atoms with Gasteiger partial charge in [0.1, 0.15) is 11.9 Å². The first-order valence-electron chi connectivity index (χ1n) is 6.51. The van der Waals surface area contributed by atoms with Gasteiger partial charge in [0.2, 0.25) is 0 Å². The fourth-order valence-corrected chi connectivity index (χ4v) is 3.08. The highest BCUT2D eigenvalue weighted by Gasteiger charge is 2.22. The van der Waals surface area contributed by atoms with E-state index in [2.05, 4.69) is 0 Å². The highest BCUT2D eigenvalue weighted by atomic mass is 35.5. The molecule has 0 saturated heterocycles. The fraction of sp³-hybridized carbons (Fsp3) is 0.333. The number of aliphatic hydroxyl groups is 1. The summed E-state index contributed by atoms with van der Waals surface area (Å²) < 4.78 is 6.75. The van der Waals surface area contributed by atoms with E-state index in [1.165, 1.54) is 11.3 Å². The molecule has 2 unspecified atom stereocenters. The minimum Gasteiger partial charge on any atom is -0.483 e. The number of nitrogens with two attached hydrogens (primary N) is 1. The first-order chi connectivity index (χ1) is 9.63. The molecule has 108 valence electrons. The normalized spacial score (nSPS) is 14.0. The Balaban J connectivity index is 2.23. The number of aliphatic hydroxyl groups excluding tert-OH is 1. The van der Waals surface area contributed by atoms with Crippen LogP contribution in [0.25, 0.3) is 0 Å². The molecule has 2 aromatic rings. The highest BCUT2D eigenvalue weighted by molar-refractivity contribution is 7.16. The Morgan fingerprint density at radius 3 is 2.75 bits per heavy atom. The summed E-state index contributed by atoms with van der Waals surface area (Å²) in [7, 11) is 0.